The predicted molar refractivity (Wildman–Crippen MR) is 144 cm³/mol. The van der Waals surface area contributed by atoms with Crippen molar-refractivity contribution in [2.24, 2.45) is 5.92 Å². The third kappa shape index (κ3) is 7.64. The summed E-state index contributed by atoms with van der Waals surface area (Å²) in [5, 5.41) is 15.2. The number of ether oxygens (including phenoxy) is 2. The number of nitrogens with one attached hydrogen (secondary N) is 3. The van der Waals surface area contributed by atoms with E-state index < -0.39 is 23.8 Å². The lowest BCUT2D eigenvalue weighted by atomic mass is 9.72. The van der Waals surface area contributed by atoms with Gasteiger partial charge in [0.25, 0.3) is 0 Å². The third-order valence-corrected chi connectivity index (χ3v) is 8.00. The van der Waals surface area contributed by atoms with Gasteiger partial charge < -0.3 is 35.1 Å². The number of urea groups is 1. The Morgan fingerprint density at radius 2 is 1.87 bits per heavy atom. The Bertz CT molecular complexity index is 1080. The van der Waals surface area contributed by atoms with E-state index in [1.165, 1.54) is 0 Å². The molecule has 11 heteroatoms. The molecular formula is C28H39N5O6. The number of imidazole rings is 1. The van der Waals surface area contributed by atoms with Crippen LogP contribution in [0.4, 0.5) is 9.59 Å². The van der Waals surface area contributed by atoms with Gasteiger partial charge >= 0.3 is 12.2 Å². The summed E-state index contributed by atoms with van der Waals surface area (Å²) in [5.74, 6) is 0.690. The van der Waals surface area contributed by atoms with Crippen molar-refractivity contribution in [2.45, 2.75) is 69.4 Å². The summed E-state index contributed by atoms with van der Waals surface area (Å²) in [6, 6.07) is 6.19. The van der Waals surface area contributed by atoms with Crippen LogP contribution in [0.15, 0.2) is 36.8 Å². The highest BCUT2D eigenvalue weighted by molar-refractivity contribution is 5.87. The van der Waals surface area contributed by atoms with Crippen LogP contribution in [0.2, 0.25) is 0 Å². The number of rotatable bonds is 10. The summed E-state index contributed by atoms with van der Waals surface area (Å²) in [5.41, 5.74) is 1.03. The largest absolute Gasteiger partial charge is 0.506 e. The number of H-pyrrole nitrogens is 1. The molecule has 1 saturated heterocycles. The van der Waals surface area contributed by atoms with Crippen LogP contribution in [0.3, 0.4) is 0 Å². The number of piperidine rings is 1. The number of nitrogens with zero attached hydrogens (tertiary/aromatic N) is 2. The molecule has 1 atom stereocenters. The van der Waals surface area contributed by atoms with Crippen molar-refractivity contribution in [3.05, 3.63) is 48.0 Å². The van der Waals surface area contributed by atoms with Gasteiger partial charge in [0.1, 0.15) is 17.4 Å². The molecule has 4 N–H and O–H groups in total. The molecule has 0 bridgehead atoms. The normalized spacial score (nSPS) is 18.1. The minimum absolute atomic E-state index is 0.175. The van der Waals surface area contributed by atoms with Gasteiger partial charge in [-0.05, 0) is 36.5 Å². The van der Waals surface area contributed by atoms with E-state index >= 15 is 0 Å². The van der Waals surface area contributed by atoms with Gasteiger partial charge in [0, 0.05) is 57.2 Å². The van der Waals surface area contributed by atoms with Crippen LogP contribution in [-0.4, -0.2) is 76.5 Å². The van der Waals surface area contributed by atoms with Gasteiger partial charge in [0.15, 0.2) is 0 Å². The van der Waals surface area contributed by atoms with E-state index in [-0.39, 0.29) is 11.8 Å². The maximum Gasteiger partial charge on any atom is 0.506 e. The van der Waals surface area contributed by atoms with Crippen LogP contribution in [0, 0.1) is 5.92 Å². The summed E-state index contributed by atoms with van der Waals surface area (Å²) < 4.78 is 10.8. The molecular weight excluding hydrogens is 502 g/mol. The fourth-order valence-corrected chi connectivity index (χ4v) is 5.86. The predicted octanol–water partition coefficient (Wildman–Crippen LogP) is 3.51. The molecule has 2 heterocycles. The van der Waals surface area contributed by atoms with Crippen molar-refractivity contribution in [3.8, 4) is 5.75 Å². The Kier molecular flexibility index (Phi) is 9.67. The van der Waals surface area contributed by atoms with Crippen molar-refractivity contribution in [3.63, 3.8) is 0 Å². The van der Waals surface area contributed by atoms with E-state index in [2.05, 4.69) is 20.6 Å². The van der Waals surface area contributed by atoms with Gasteiger partial charge in [-0.1, -0.05) is 31.4 Å². The molecule has 11 nitrogen and oxygen atoms in total. The zero-order valence-electron chi connectivity index (χ0n) is 22.5. The first kappa shape index (κ1) is 28.3. The number of hydrogen-bond donors (Lipinski definition) is 4. The standard InChI is InChI=1S/C28H39N5O6/c1-38-23-9-7-20(8-10-23)17-24(32-26(35)30-14-11-22-18-29-19-31-22)25(34)33-15-12-28(13-16-33,39-27(36)37)21-5-3-2-4-6-21/h7-10,18-19,21,24H,2-6,11-17H2,1H3,(H,29,31)(H,36,37)(H2,30,32,35). The van der Waals surface area contributed by atoms with E-state index in [0.717, 1.165) is 43.4 Å². The Balaban J connectivity index is 1.42. The Morgan fingerprint density at radius 1 is 1.15 bits per heavy atom. The average Bonchev–Trinajstić information content (AvgIpc) is 3.47. The first-order valence-electron chi connectivity index (χ1n) is 13.7. The Labute approximate surface area is 228 Å². The molecule has 1 aromatic carbocycles. The molecule has 4 rings (SSSR count). The second kappa shape index (κ2) is 13.3. The van der Waals surface area contributed by atoms with E-state index in [1.54, 1.807) is 24.5 Å². The van der Waals surface area contributed by atoms with Crippen LogP contribution in [0.1, 0.15) is 56.2 Å². The minimum Gasteiger partial charge on any atom is -0.497 e. The van der Waals surface area contributed by atoms with Crippen molar-refractivity contribution in [1.82, 2.24) is 25.5 Å². The fourth-order valence-electron chi connectivity index (χ4n) is 5.86. The number of carboxylic acid groups (broad SMARTS) is 1. The topological polar surface area (TPSA) is 146 Å². The molecule has 0 spiro atoms. The van der Waals surface area contributed by atoms with Crippen LogP contribution in [0.5, 0.6) is 5.75 Å². The van der Waals surface area contributed by atoms with Crippen molar-refractivity contribution in [1.29, 1.82) is 0 Å². The zero-order chi connectivity index (χ0) is 27.7. The van der Waals surface area contributed by atoms with Gasteiger partial charge in [-0.3, -0.25) is 4.79 Å². The lowest BCUT2D eigenvalue weighted by Gasteiger charge is -2.46. The summed E-state index contributed by atoms with van der Waals surface area (Å²) >= 11 is 0. The van der Waals surface area contributed by atoms with Crippen LogP contribution < -0.4 is 15.4 Å². The van der Waals surface area contributed by atoms with Gasteiger partial charge in [-0.15, -0.1) is 0 Å². The lowest BCUT2D eigenvalue weighted by Crippen LogP contribution is -2.57. The highest BCUT2D eigenvalue weighted by Crippen LogP contribution is 2.42. The molecule has 1 aliphatic heterocycles. The monoisotopic (exact) mass is 541 g/mol. The number of aromatic nitrogens is 2. The van der Waals surface area contributed by atoms with E-state index in [1.807, 2.05) is 24.3 Å². The van der Waals surface area contributed by atoms with E-state index in [4.69, 9.17) is 9.47 Å². The Hall–Kier alpha value is -3.76. The van der Waals surface area contributed by atoms with Gasteiger partial charge in [0.05, 0.1) is 13.4 Å². The highest BCUT2D eigenvalue weighted by atomic mass is 16.7. The number of carbonyl (C=O) groups is 3. The van der Waals surface area contributed by atoms with Crippen LogP contribution in [0.25, 0.3) is 0 Å². The number of benzene rings is 1. The average molecular weight is 542 g/mol. The molecule has 1 saturated carbocycles. The summed E-state index contributed by atoms with van der Waals surface area (Å²) in [4.78, 5) is 46.8. The van der Waals surface area contributed by atoms with Crippen molar-refractivity contribution < 1.29 is 29.0 Å². The molecule has 212 valence electrons. The summed E-state index contributed by atoms with van der Waals surface area (Å²) in [7, 11) is 1.59. The summed E-state index contributed by atoms with van der Waals surface area (Å²) in [6.07, 6.45) is 9.04. The number of amides is 3. The van der Waals surface area contributed by atoms with Gasteiger partial charge in [-0.25, -0.2) is 14.6 Å². The highest BCUT2D eigenvalue weighted by Gasteiger charge is 2.46. The maximum absolute atomic E-state index is 13.7. The number of methoxy groups -OCH3 is 1. The number of likely N-dealkylation sites (tertiary alicyclic amines) is 1. The Morgan fingerprint density at radius 3 is 2.49 bits per heavy atom. The van der Waals surface area contributed by atoms with E-state index in [9.17, 15) is 19.5 Å². The van der Waals surface area contributed by atoms with E-state index in [0.29, 0.717) is 51.1 Å². The maximum atomic E-state index is 13.7. The summed E-state index contributed by atoms with van der Waals surface area (Å²) in [6.45, 7) is 1.15. The molecule has 39 heavy (non-hydrogen) atoms. The SMILES string of the molecule is COc1ccc(CC(NC(=O)NCCc2cnc[nH]2)C(=O)N2CCC(OC(=O)O)(C3CCCCC3)CC2)cc1. The van der Waals surface area contributed by atoms with Crippen LogP contribution in [-0.2, 0) is 22.4 Å². The fraction of sp³-hybridized carbons (Fsp3) is 0.571. The smallest absolute Gasteiger partial charge is 0.497 e. The quantitative estimate of drug-likeness (QED) is 0.337. The number of carbonyl (C=O) groups excluding carboxylic acids is 2. The molecule has 1 aromatic heterocycles. The zero-order valence-corrected chi connectivity index (χ0v) is 22.5. The second-order valence-electron chi connectivity index (χ2n) is 10.4. The van der Waals surface area contributed by atoms with Gasteiger partial charge in [-0.2, -0.15) is 0 Å². The molecule has 2 aromatic rings. The molecule has 2 aliphatic rings. The van der Waals surface area contributed by atoms with Crippen molar-refractivity contribution in [2.75, 3.05) is 26.7 Å². The number of hydrogen-bond acceptors (Lipinski definition) is 6. The van der Waals surface area contributed by atoms with Crippen molar-refractivity contribution >= 4 is 18.1 Å². The number of aromatic amines is 1. The molecule has 1 unspecified atom stereocenters. The molecule has 3 amide bonds. The first-order valence-corrected chi connectivity index (χ1v) is 13.7. The first-order chi connectivity index (χ1) is 18.9. The second-order valence-corrected chi connectivity index (χ2v) is 10.4. The third-order valence-electron chi connectivity index (χ3n) is 8.00. The van der Waals surface area contributed by atoms with Gasteiger partial charge in [0.2, 0.25) is 5.91 Å². The van der Waals surface area contributed by atoms with Crippen LogP contribution >= 0.6 is 0 Å². The lowest BCUT2D eigenvalue weighted by molar-refractivity contribution is -0.142. The molecule has 2 fully saturated rings. The minimum atomic E-state index is -1.26. The molecule has 0 radical (unpaired) electrons. The molecule has 1 aliphatic carbocycles.